The van der Waals surface area contributed by atoms with Gasteiger partial charge in [0.25, 0.3) is 11.5 Å². The molecule has 40 heavy (non-hydrogen) atoms. The second-order valence-electron chi connectivity index (χ2n) is 12.2. The number of aromatic nitrogens is 1. The minimum atomic E-state index is -0.134. The summed E-state index contributed by atoms with van der Waals surface area (Å²) in [5.74, 6) is 0.250. The monoisotopic (exact) mass is 549 g/mol. The second-order valence-corrected chi connectivity index (χ2v) is 12.2. The molecule has 2 saturated heterocycles. The van der Waals surface area contributed by atoms with Crippen molar-refractivity contribution in [3.05, 3.63) is 62.1 Å². The molecule has 3 heterocycles. The van der Waals surface area contributed by atoms with Crippen molar-refractivity contribution in [2.75, 3.05) is 51.3 Å². The van der Waals surface area contributed by atoms with Crippen molar-refractivity contribution in [1.82, 2.24) is 20.5 Å². The average molecular weight is 550 g/mol. The van der Waals surface area contributed by atoms with E-state index in [0.29, 0.717) is 29.1 Å². The van der Waals surface area contributed by atoms with Crippen LogP contribution < -0.4 is 21.1 Å². The third-order valence-electron chi connectivity index (χ3n) is 9.39. The van der Waals surface area contributed by atoms with E-state index in [-0.39, 0.29) is 18.0 Å². The second kappa shape index (κ2) is 12.9. The third-order valence-corrected chi connectivity index (χ3v) is 9.39. The number of ether oxygens (including phenoxy) is 1. The van der Waals surface area contributed by atoms with Gasteiger partial charge >= 0.3 is 0 Å². The molecule has 3 N–H and O–H groups in total. The molecule has 5 rings (SSSR count). The van der Waals surface area contributed by atoms with Gasteiger partial charge in [0.1, 0.15) is 0 Å². The van der Waals surface area contributed by atoms with E-state index in [1.54, 1.807) is 0 Å². The normalized spacial score (nSPS) is 22.4. The number of nitrogens with zero attached hydrogens (tertiary/aromatic N) is 2. The number of amides is 1. The fourth-order valence-electron chi connectivity index (χ4n) is 6.86. The van der Waals surface area contributed by atoms with Crippen LogP contribution in [0, 0.1) is 20.8 Å². The fraction of sp³-hybridized carbons (Fsp3) is 0.625. The Morgan fingerprint density at radius 1 is 1.07 bits per heavy atom. The molecule has 1 aromatic carbocycles. The Hall–Kier alpha value is -2.68. The van der Waals surface area contributed by atoms with E-state index in [4.69, 9.17) is 4.74 Å². The lowest BCUT2D eigenvalue weighted by molar-refractivity contribution is 0.0318. The van der Waals surface area contributed by atoms with E-state index in [9.17, 15) is 9.59 Å². The first kappa shape index (κ1) is 28.8. The van der Waals surface area contributed by atoms with Gasteiger partial charge in [-0.2, -0.15) is 0 Å². The predicted octanol–water partition coefficient (Wildman–Crippen LogP) is 3.78. The van der Waals surface area contributed by atoms with E-state index in [0.717, 1.165) is 74.7 Å². The van der Waals surface area contributed by atoms with Crippen LogP contribution in [0.15, 0.2) is 23.0 Å². The Bertz CT molecular complexity index is 1240. The van der Waals surface area contributed by atoms with Gasteiger partial charge in [-0.15, -0.1) is 0 Å². The molecule has 0 bridgehead atoms. The van der Waals surface area contributed by atoms with Crippen molar-refractivity contribution in [3.63, 3.8) is 0 Å². The van der Waals surface area contributed by atoms with Crippen molar-refractivity contribution in [2.45, 2.75) is 83.8 Å². The average Bonchev–Trinajstić information content (AvgIpc) is 3.48. The van der Waals surface area contributed by atoms with Gasteiger partial charge in [0.05, 0.1) is 13.2 Å². The number of pyridine rings is 1. The molecule has 1 aromatic heterocycles. The number of hydrogen-bond donors (Lipinski definition) is 3. The maximum atomic E-state index is 13.7. The summed E-state index contributed by atoms with van der Waals surface area (Å²) in [4.78, 5) is 34.0. The zero-order valence-corrected chi connectivity index (χ0v) is 24.8. The fourth-order valence-corrected chi connectivity index (χ4v) is 6.86. The number of hydrogen-bond acceptors (Lipinski definition) is 6. The maximum Gasteiger partial charge on any atom is 0.253 e. The van der Waals surface area contributed by atoms with Gasteiger partial charge in [0.2, 0.25) is 0 Å². The molecule has 3 fully saturated rings. The summed E-state index contributed by atoms with van der Waals surface area (Å²) in [6, 6.07) is 7.41. The molecule has 218 valence electrons. The molecule has 0 spiro atoms. The third kappa shape index (κ3) is 6.61. The number of anilines is 1. The van der Waals surface area contributed by atoms with Gasteiger partial charge < -0.3 is 25.3 Å². The lowest BCUT2D eigenvalue weighted by Gasteiger charge is -2.36. The van der Waals surface area contributed by atoms with Crippen LogP contribution in [0.2, 0.25) is 0 Å². The molecule has 2 atom stereocenters. The van der Waals surface area contributed by atoms with Crippen LogP contribution in [0.5, 0.6) is 0 Å². The number of nitrogens with one attached hydrogen (secondary N) is 3. The van der Waals surface area contributed by atoms with Crippen LogP contribution >= 0.6 is 0 Å². The van der Waals surface area contributed by atoms with Crippen molar-refractivity contribution < 1.29 is 9.53 Å². The smallest absolute Gasteiger partial charge is 0.253 e. The summed E-state index contributed by atoms with van der Waals surface area (Å²) in [7, 11) is 2.19. The highest BCUT2D eigenvalue weighted by molar-refractivity contribution is 5.97. The molecule has 0 radical (unpaired) electrons. The van der Waals surface area contributed by atoms with Gasteiger partial charge in [-0.05, 0) is 87.3 Å². The standard InChI is InChI=1S/C32H47N5O3/c1-21-15-22(2)35-32(39)29(21)19-34-31(38)28-16-25(17-30(23(28)3)36(4)27-7-5-6-8-27)24-9-10-26(33-18-24)20-37-11-13-40-14-12-37/h15-17,24,26-27,33H,5-14,18-20H2,1-4H3,(H,34,38)(H,35,39). The number of H-pyrrole nitrogens is 1. The molecule has 3 aliphatic rings. The molecule has 2 aliphatic heterocycles. The number of carbonyl (C=O) groups excluding carboxylic acids is 1. The van der Waals surface area contributed by atoms with Gasteiger partial charge in [-0.1, -0.05) is 12.8 Å². The van der Waals surface area contributed by atoms with Gasteiger partial charge in [0.15, 0.2) is 0 Å². The van der Waals surface area contributed by atoms with E-state index in [1.165, 1.54) is 31.2 Å². The summed E-state index contributed by atoms with van der Waals surface area (Å²) in [6.07, 6.45) is 7.17. The van der Waals surface area contributed by atoms with Gasteiger partial charge in [-0.3, -0.25) is 14.5 Å². The lowest BCUT2D eigenvalue weighted by atomic mass is 9.86. The van der Waals surface area contributed by atoms with Crippen LogP contribution in [0.25, 0.3) is 0 Å². The molecular formula is C32H47N5O3. The van der Waals surface area contributed by atoms with E-state index < -0.39 is 0 Å². The molecular weight excluding hydrogens is 502 g/mol. The topological polar surface area (TPSA) is 89.7 Å². The summed E-state index contributed by atoms with van der Waals surface area (Å²) < 4.78 is 5.51. The number of carbonyl (C=O) groups is 1. The number of benzene rings is 1. The Balaban J connectivity index is 1.35. The molecule has 2 unspecified atom stereocenters. The lowest BCUT2D eigenvalue weighted by Crippen LogP contribution is -2.48. The summed E-state index contributed by atoms with van der Waals surface area (Å²) in [5, 5.41) is 6.88. The van der Waals surface area contributed by atoms with Crippen LogP contribution in [-0.4, -0.2) is 74.3 Å². The number of aryl methyl sites for hydroxylation is 2. The van der Waals surface area contributed by atoms with Gasteiger partial charge in [0, 0.05) is 74.4 Å². The highest BCUT2D eigenvalue weighted by atomic mass is 16.5. The van der Waals surface area contributed by atoms with Crippen molar-refractivity contribution >= 4 is 11.6 Å². The first-order chi connectivity index (χ1) is 19.3. The minimum Gasteiger partial charge on any atom is -0.379 e. The largest absolute Gasteiger partial charge is 0.379 e. The molecule has 1 saturated carbocycles. The molecule has 1 aliphatic carbocycles. The highest BCUT2D eigenvalue weighted by Crippen LogP contribution is 2.35. The Morgan fingerprint density at radius 2 is 1.82 bits per heavy atom. The number of piperidine rings is 1. The Kier molecular flexibility index (Phi) is 9.28. The number of morpholine rings is 1. The number of aromatic amines is 1. The van der Waals surface area contributed by atoms with Crippen molar-refractivity contribution in [3.8, 4) is 0 Å². The minimum absolute atomic E-state index is 0.117. The zero-order valence-electron chi connectivity index (χ0n) is 24.8. The highest BCUT2D eigenvalue weighted by Gasteiger charge is 2.28. The SMILES string of the molecule is Cc1cc(C)c(CNC(=O)c2cc(C3CCC(CN4CCOCC4)NC3)cc(N(C)C3CCCC3)c2C)c(=O)[nH]1. The van der Waals surface area contributed by atoms with Gasteiger partial charge in [-0.25, -0.2) is 0 Å². The van der Waals surface area contributed by atoms with E-state index >= 15 is 0 Å². The number of rotatable bonds is 8. The van der Waals surface area contributed by atoms with E-state index in [2.05, 4.69) is 51.5 Å². The predicted molar refractivity (Wildman–Crippen MR) is 161 cm³/mol. The summed E-state index contributed by atoms with van der Waals surface area (Å²) in [6.45, 7) is 11.8. The molecule has 8 nitrogen and oxygen atoms in total. The first-order valence-corrected chi connectivity index (χ1v) is 15.2. The first-order valence-electron chi connectivity index (χ1n) is 15.2. The summed E-state index contributed by atoms with van der Waals surface area (Å²) >= 11 is 0. The van der Waals surface area contributed by atoms with Crippen molar-refractivity contribution in [1.29, 1.82) is 0 Å². The van der Waals surface area contributed by atoms with Crippen LogP contribution in [0.4, 0.5) is 5.69 Å². The molecule has 1 amide bonds. The summed E-state index contributed by atoms with van der Waals surface area (Å²) in [5.41, 5.74) is 6.33. The van der Waals surface area contributed by atoms with E-state index in [1.807, 2.05) is 19.9 Å². The van der Waals surface area contributed by atoms with Crippen LogP contribution in [0.1, 0.15) is 82.7 Å². The zero-order chi connectivity index (χ0) is 28.2. The van der Waals surface area contributed by atoms with Crippen molar-refractivity contribution in [2.24, 2.45) is 0 Å². The molecule has 8 heteroatoms. The van der Waals surface area contributed by atoms with Crippen LogP contribution in [0.3, 0.4) is 0 Å². The van der Waals surface area contributed by atoms with Crippen LogP contribution in [-0.2, 0) is 11.3 Å². The molecule has 2 aromatic rings. The maximum absolute atomic E-state index is 13.7. The Labute approximate surface area is 238 Å². The quantitative estimate of drug-likeness (QED) is 0.465. The Morgan fingerprint density at radius 3 is 2.50 bits per heavy atom.